The lowest BCUT2D eigenvalue weighted by Gasteiger charge is -2.22. The van der Waals surface area contributed by atoms with Crippen LogP contribution in [-0.2, 0) is 6.54 Å². The van der Waals surface area contributed by atoms with Crippen molar-refractivity contribution < 1.29 is 27.5 Å². The first-order chi connectivity index (χ1) is 16.6. The standard InChI is InChI=1S/C25H30F3N3O4/c1-3-17(2)31-15-19(22(32)20(16-31)24(34)30-12-8-4-5-9-13-30)23(33)29-14-18-10-6-7-11-21(18)35-25(26,27)28/h6-7,10-11,15-17H,3-5,8-9,12-14H2,1-2H3,(H,29,33). The van der Waals surface area contributed by atoms with Crippen LogP contribution < -0.4 is 15.5 Å². The van der Waals surface area contributed by atoms with Crippen molar-refractivity contribution in [1.82, 2.24) is 14.8 Å². The van der Waals surface area contributed by atoms with E-state index in [2.05, 4.69) is 10.1 Å². The highest BCUT2D eigenvalue weighted by Crippen LogP contribution is 2.26. The normalized spacial score (nSPS) is 15.3. The van der Waals surface area contributed by atoms with Crippen molar-refractivity contribution in [3.8, 4) is 5.75 Å². The molecule has 190 valence electrons. The van der Waals surface area contributed by atoms with Crippen LogP contribution in [-0.4, -0.2) is 40.7 Å². The van der Waals surface area contributed by atoms with Crippen molar-refractivity contribution in [1.29, 1.82) is 0 Å². The number of nitrogens with one attached hydrogen (secondary N) is 1. The second-order valence-electron chi connectivity index (χ2n) is 8.66. The van der Waals surface area contributed by atoms with Gasteiger partial charge < -0.3 is 19.5 Å². The zero-order valence-corrected chi connectivity index (χ0v) is 19.9. The van der Waals surface area contributed by atoms with Crippen molar-refractivity contribution in [3.63, 3.8) is 0 Å². The van der Waals surface area contributed by atoms with Crippen LogP contribution in [0.1, 0.15) is 78.3 Å². The Morgan fingerprint density at radius 2 is 1.69 bits per heavy atom. The third-order valence-corrected chi connectivity index (χ3v) is 6.15. The van der Waals surface area contributed by atoms with Crippen LogP contribution in [0.5, 0.6) is 5.75 Å². The highest BCUT2D eigenvalue weighted by molar-refractivity contribution is 5.99. The molecule has 7 nitrogen and oxygen atoms in total. The molecule has 2 aromatic rings. The number of amides is 2. The van der Waals surface area contributed by atoms with Gasteiger partial charge in [-0.25, -0.2) is 0 Å². The van der Waals surface area contributed by atoms with E-state index < -0.39 is 29.4 Å². The summed E-state index contributed by atoms with van der Waals surface area (Å²) in [4.78, 5) is 41.1. The zero-order valence-electron chi connectivity index (χ0n) is 19.9. The minimum atomic E-state index is -4.88. The van der Waals surface area contributed by atoms with Gasteiger partial charge in [0.2, 0.25) is 5.43 Å². The molecule has 1 aliphatic rings. The predicted molar refractivity (Wildman–Crippen MR) is 124 cm³/mol. The molecule has 1 N–H and O–H groups in total. The molecule has 10 heteroatoms. The molecule has 1 fully saturated rings. The third kappa shape index (κ3) is 6.86. The number of pyridine rings is 1. The Hall–Kier alpha value is -3.30. The van der Waals surface area contributed by atoms with E-state index in [1.54, 1.807) is 9.47 Å². The lowest BCUT2D eigenvalue weighted by Crippen LogP contribution is -2.38. The molecule has 1 aromatic heterocycles. The van der Waals surface area contributed by atoms with E-state index in [9.17, 15) is 27.6 Å². The average Bonchev–Trinajstić information content (AvgIpc) is 3.11. The van der Waals surface area contributed by atoms with Crippen LogP contribution in [0.15, 0.2) is 41.5 Å². The van der Waals surface area contributed by atoms with E-state index in [1.807, 2.05) is 13.8 Å². The van der Waals surface area contributed by atoms with Crippen LogP contribution in [0, 0.1) is 0 Å². The first-order valence-corrected chi connectivity index (χ1v) is 11.8. The van der Waals surface area contributed by atoms with Crippen molar-refractivity contribution in [2.45, 2.75) is 64.9 Å². The molecule has 1 atom stereocenters. The van der Waals surface area contributed by atoms with Crippen LogP contribution in [0.25, 0.3) is 0 Å². The van der Waals surface area contributed by atoms with Crippen molar-refractivity contribution in [2.75, 3.05) is 13.1 Å². The largest absolute Gasteiger partial charge is 0.573 e. The number of hydrogen-bond acceptors (Lipinski definition) is 4. The van der Waals surface area contributed by atoms with Gasteiger partial charge in [0.1, 0.15) is 16.9 Å². The molecule has 1 aromatic carbocycles. The predicted octanol–water partition coefficient (Wildman–Crippen LogP) is 4.66. The summed E-state index contributed by atoms with van der Waals surface area (Å²) in [5.74, 6) is -1.63. The Morgan fingerprint density at radius 1 is 1.06 bits per heavy atom. The van der Waals surface area contributed by atoms with Crippen LogP contribution in [0.4, 0.5) is 13.2 Å². The quantitative estimate of drug-likeness (QED) is 0.608. The van der Waals surface area contributed by atoms with E-state index >= 15 is 0 Å². The Morgan fingerprint density at radius 3 is 2.31 bits per heavy atom. The Kier molecular flexibility index (Phi) is 8.58. The number of rotatable bonds is 7. The number of alkyl halides is 3. The van der Waals surface area contributed by atoms with Gasteiger partial charge in [0, 0.05) is 43.6 Å². The fourth-order valence-corrected chi connectivity index (χ4v) is 3.97. The molecule has 35 heavy (non-hydrogen) atoms. The van der Waals surface area contributed by atoms with Gasteiger partial charge in [0.05, 0.1) is 0 Å². The molecule has 0 spiro atoms. The third-order valence-electron chi connectivity index (χ3n) is 6.15. The highest BCUT2D eigenvalue weighted by Gasteiger charge is 2.32. The number of carbonyl (C=O) groups excluding carboxylic acids is 2. The Balaban J connectivity index is 1.89. The summed E-state index contributed by atoms with van der Waals surface area (Å²) in [5.41, 5.74) is -0.922. The summed E-state index contributed by atoms with van der Waals surface area (Å²) in [6.45, 7) is 4.65. The van der Waals surface area contributed by atoms with E-state index in [4.69, 9.17) is 0 Å². The van der Waals surface area contributed by atoms with Gasteiger partial charge in [-0.3, -0.25) is 14.4 Å². The summed E-state index contributed by atoms with van der Waals surface area (Å²) < 4.78 is 43.8. The topological polar surface area (TPSA) is 80.6 Å². The first-order valence-electron chi connectivity index (χ1n) is 11.8. The molecule has 1 aliphatic heterocycles. The monoisotopic (exact) mass is 493 g/mol. The number of halogens is 3. The maximum atomic E-state index is 13.2. The van der Waals surface area contributed by atoms with Crippen molar-refractivity contribution in [2.24, 2.45) is 0 Å². The molecule has 0 saturated carbocycles. The molecule has 0 radical (unpaired) electrons. The summed E-state index contributed by atoms with van der Waals surface area (Å²) >= 11 is 0. The number of likely N-dealkylation sites (tertiary alicyclic amines) is 1. The molecule has 1 unspecified atom stereocenters. The number of para-hydroxylation sites is 1. The van der Waals surface area contributed by atoms with Gasteiger partial charge in [-0.2, -0.15) is 0 Å². The first kappa shape index (κ1) is 26.3. The minimum absolute atomic E-state index is 0.0827. The van der Waals surface area contributed by atoms with Gasteiger partial charge in [0.15, 0.2) is 0 Å². The molecule has 0 bridgehead atoms. The van der Waals surface area contributed by atoms with E-state index in [1.165, 1.54) is 30.6 Å². The highest BCUT2D eigenvalue weighted by atomic mass is 19.4. The number of aromatic nitrogens is 1. The van der Waals surface area contributed by atoms with Crippen molar-refractivity contribution in [3.05, 3.63) is 63.6 Å². The van der Waals surface area contributed by atoms with Crippen LogP contribution >= 0.6 is 0 Å². The molecular weight excluding hydrogens is 463 g/mol. The maximum absolute atomic E-state index is 13.2. The Bertz CT molecular complexity index is 1110. The number of ether oxygens (including phenoxy) is 1. The van der Waals surface area contributed by atoms with Crippen molar-refractivity contribution >= 4 is 11.8 Å². The zero-order chi connectivity index (χ0) is 25.6. The molecule has 2 heterocycles. The smallest absolute Gasteiger partial charge is 0.405 e. The number of nitrogens with zero attached hydrogens (tertiary/aromatic N) is 2. The Labute approximate surface area is 201 Å². The van der Waals surface area contributed by atoms with Gasteiger partial charge >= 0.3 is 6.36 Å². The molecular formula is C25H30F3N3O4. The molecule has 0 aliphatic carbocycles. The summed E-state index contributed by atoms with van der Waals surface area (Å²) in [6, 6.07) is 5.35. The fraction of sp³-hybridized carbons (Fsp3) is 0.480. The number of carbonyl (C=O) groups is 2. The van der Waals surface area contributed by atoms with Gasteiger partial charge in [-0.15, -0.1) is 13.2 Å². The second kappa shape index (κ2) is 11.4. The lowest BCUT2D eigenvalue weighted by molar-refractivity contribution is -0.274. The minimum Gasteiger partial charge on any atom is -0.405 e. The van der Waals surface area contributed by atoms with Gasteiger partial charge in [-0.1, -0.05) is 38.0 Å². The summed E-state index contributed by atoms with van der Waals surface area (Å²) in [5, 5.41) is 2.50. The molecule has 2 amide bonds. The molecule has 3 rings (SSSR count). The SMILES string of the molecule is CCC(C)n1cc(C(=O)NCc2ccccc2OC(F)(F)F)c(=O)c(C(=O)N2CCCCCC2)c1. The number of hydrogen-bond donors (Lipinski definition) is 1. The fourth-order valence-electron chi connectivity index (χ4n) is 3.97. The van der Waals surface area contributed by atoms with Gasteiger partial charge in [-0.05, 0) is 32.3 Å². The lowest BCUT2D eigenvalue weighted by atomic mass is 10.1. The summed E-state index contributed by atoms with van der Waals surface area (Å²) in [7, 11) is 0. The van der Waals surface area contributed by atoms with E-state index in [-0.39, 0.29) is 29.3 Å². The maximum Gasteiger partial charge on any atom is 0.573 e. The van der Waals surface area contributed by atoms with E-state index in [0.717, 1.165) is 31.7 Å². The average molecular weight is 494 g/mol. The van der Waals surface area contributed by atoms with Crippen LogP contribution in [0.2, 0.25) is 0 Å². The van der Waals surface area contributed by atoms with Crippen LogP contribution in [0.3, 0.4) is 0 Å². The summed E-state index contributed by atoms with van der Waals surface area (Å²) in [6.07, 6.45) is 2.44. The number of benzene rings is 1. The van der Waals surface area contributed by atoms with E-state index in [0.29, 0.717) is 19.5 Å². The molecule has 1 saturated heterocycles. The van der Waals surface area contributed by atoms with Gasteiger partial charge in [0.25, 0.3) is 11.8 Å². The second-order valence-corrected chi connectivity index (χ2v) is 8.66.